The topological polar surface area (TPSA) is 64.3 Å². The van der Waals surface area contributed by atoms with E-state index < -0.39 is 5.97 Å². The molecule has 5 heteroatoms. The number of aromatic nitrogens is 2. The van der Waals surface area contributed by atoms with Gasteiger partial charge in [0.15, 0.2) is 0 Å². The SMILES string of the molecule is COc1cccc(Cn2cc(C(=O)O)c(-c3ccc(C)cc3)n2)c1. The third-order valence-corrected chi connectivity index (χ3v) is 3.80. The maximum absolute atomic E-state index is 11.6. The second-order valence-electron chi connectivity index (χ2n) is 5.61. The van der Waals surface area contributed by atoms with Crippen molar-refractivity contribution in [1.82, 2.24) is 9.78 Å². The van der Waals surface area contributed by atoms with Crippen LogP contribution in [0.4, 0.5) is 0 Å². The molecule has 0 spiro atoms. The van der Waals surface area contributed by atoms with Gasteiger partial charge in [-0.25, -0.2) is 4.79 Å². The molecule has 3 rings (SSSR count). The van der Waals surface area contributed by atoms with Crippen molar-refractivity contribution in [3.63, 3.8) is 0 Å². The van der Waals surface area contributed by atoms with Gasteiger partial charge in [-0.3, -0.25) is 4.68 Å². The van der Waals surface area contributed by atoms with Gasteiger partial charge in [-0.1, -0.05) is 42.0 Å². The van der Waals surface area contributed by atoms with E-state index in [1.807, 2.05) is 55.5 Å². The first-order valence-corrected chi connectivity index (χ1v) is 7.57. The molecule has 1 aromatic heterocycles. The summed E-state index contributed by atoms with van der Waals surface area (Å²) in [5.41, 5.74) is 3.57. The minimum Gasteiger partial charge on any atom is -0.497 e. The van der Waals surface area contributed by atoms with Crippen LogP contribution in [-0.2, 0) is 6.54 Å². The molecule has 0 atom stereocenters. The zero-order valence-electron chi connectivity index (χ0n) is 13.6. The lowest BCUT2D eigenvalue weighted by molar-refractivity contribution is 0.0697. The molecule has 1 heterocycles. The van der Waals surface area contributed by atoms with E-state index in [9.17, 15) is 9.90 Å². The Balaban J connectivity index is 1.96. The van der Waals surface area contributed by atoms with Gasteiger partial charge in [0.2, 0.25) is 0 Å². The molecule has 0 aliphatic carbocycles. The second-order valence-corrected chi connectivity index (χ2v) is 5.61. The molecule has 0 bridgehead atoms. The average Bonchev–Trinajstić information content (AvgIpc) is 3.00. The number of nitrogens with zero attached hydrogens (tertiary/aromatic N) is 2. The van der Waals surface area contributed by atoms with Crippen LogP contribution >= 0.6 is 0 Å². The minimum atomic E-state index is -0.984. The lowest BCUT2D eigenvalue weighted by Crippen LogP contribution is -2.00. The molecule has 3 aromatic rings. The number of aromatic carboxylic acids is 1. The van der Waals surface area contributed by atoms with Crippen LogP contribution in [0.1, 0.15) is 21.5 Å². The van der Waals surface area contributed by atoms with E-state index in [0.29, 0.717) is 12.2 Å². The van der Waals surface area contributed by atoms with E-state index in [-0.39, 0.29) is 5.56 Å². The van der Waals surface area contributed by atoms with Gasteiger partial charge in [-0.05, 0) is 24.6 Å². The molecule has 0 unspecified atom stereocenters. The molecular weight excluding hydrogens is 304 g/mol. The third kappa shape index (κ3) is 3.30. The highest BCUT2D eigenvalue weighted by molar-refractivity contribution is 5.94. The van der Waals surface area contributed by atoms with E-state index in [2.05, 4.69) is 5.10 Å². The number of hydrogen-bond donors (Lipinski definition) is 1. The number of rotatable bonds is 5. The van der Waals surface area contributed by atoms with Crippen molar-refractivity contribution in [2.24, 2.45) is 0 Å². The Labute approximate surface area is 140 Å². The van der Waals surface area contributed by atoms with Gasteiger partial charge >= 0.3 is 5.97 Å². The highest BCUT2D eigenvalue weighted by Gasteiger charge is 2.17. The van der Waals surface area contributed by atoms with Gasteiger partial charge in [0.25, 0.3) is 0 Å². The monoisotopic (exact) mass is 322 g/mol. The summed E-state index contributed by atoms with van der Waals surface area (Å²) in [5.74, 6) is -0.223. The summed E-state index contributed by atoms with van der Waals surface area (Å²) < 4.78 is 6.86. The number of ether oxygens (including phenoxy) is 1. The number of carboxylic acid groups (broad SMARTS) is 1. The Morgan fingerprint density at radius 1 is 1.21 bits per heavy atom. The predicted octanol–water partition coefficient (Wildman–Crippen LogP) is 3.61. The number of carboxylic acids is 1. The molecule has 24 heavy (non-hydrogen) atoms. The molecule has 0 aliphatic rings. The highest BCUT2D eigenvalue weighted by atomic mass is 16.5. The van der Waals surface area contributed by atoms with Crippen LogP contribution in [0.15, 0.2) is 54.7 Å². The molecular formula is C19H18N2O3. The summed E-state index contributed by atoms with van der Waals surface area (Å²) in [5, 5.41) is 13.9. The molecule has 0 saturated heterocycles. The molecule has 0 saturated carbocycles. The predicted molar refractivity (Wildman–Crippen MR) is 91.5 cm³/mol. The highest BCUT2D eigenvalue weighted by Crippen LogP contribution is 2.23. The van der Waals surface area contributed by atoms with Crippen molar-refractivity contribution in [1.29, 1.82) is 0 Å². The van der Waals surface area contributed by atoms with Crippen LogP contribution in [-0.4, -0.2) is 28.0 Å². The second kappa shape index (κ2) is 6.58. The normalized spacial score (nSPS) is 10.6. The number of methoxy groups -OCH3 is 1. The lowest BCUT2D eigenvalue weighted by atomic mass is 10.1. The van der Waals surface area contributed by atoms with Crippen molar-refractivity contribution < 1.29 is 14.6 Å². The first-order chi connectivity index (χ1) is 11.6. The van der Waals surface area contributed by atoms with Crippen LogP contribution in [0.25, 0.3) is 11.3 Å². The summed E-state index contributed by atoms with van der Waals surface area (Å²) in [4.78, 5) is 11.6. The summed E-state index contributed by atoms with van der Waals surface area (Å²) in [6, 6.07) is 15.3. The van der Waals surface area contributed by atoms with E-state index in [4.69, 9.17) is 4.74 Å². The zero-order valence-corrected chi connectivity index (χ0v) is 13.6. The minimum absolute atomic E-state index is 0.196. The van der Waals surface area contributed by atoms with Gasteiger partial charge in [-0.15, -0.1) is 0 Å². The standard InChI is InChI=1S/C19H18N2O3/c1-13-6-8-15(9-7-13)18-17(19(22)23)12-21(20-18)11-14-4-3-5-16(10-14)24-2/h3-10,12H,11H2,1-2H3,(H,22,23). The Morgan fingerprint density at radius 2 is 1.96 bits per heavy atom. The summed E-state index contributed by atoms with van der Waals surface area (Å²) in [6.07, 6.45) is 1.57. The van der Waals surface area contributed by atoms with Gasteiger partial charge in [0.1, 0.15) is 17.0 Å². The maximum atomic E-state index is 11.6. The molecule has 5 nitrogen and oxygen atoms in total. The first kappa shape index (κ1) is 15.8. The van der Waals surface area contributed by atoms with Crippen molar-refractivity contribution >= 4 is 5.97 Å². The summed E-state index contributed by atoms with van der Waals surface area (Å²) >= 11 is 0. The van der Waals surface area contributed by atoms with Crippen molar-refractivity contribution in [2.45, 2.75) is 13.5 Å². The van der Waals surface area contributed by atoms with E-state index in [0.717, 1.165) is 22.4 Å². The molecule has 0 aliphatic heterocycles. The fourth-order valence-corrected chi connectivity index (χ4v) is 2.54. The molecule has 1 N–H and O–H groups in total. The van der Waals surface area contributed by atoms with Crippen LogP contribution in [0, 0.1) is 6.92 Å². The smallest absolute Gasteiger partial charge is 0.339 e. The van der Waals surface area contributed by atoms with Crippen molar-refractivity contribution in [3.05, 3.63) is 71.4 Å². The summed E-state index contributed by atoms with van der Waals surface area (Å²) in [6.45, 7) is 2.46. The molecule has 0 fully saturated rings. The van der Waals surface area contributed by atoms with Crippen LogP contribution in [0.3, 0.4) is 0 Å². The number of benzene rings is 2. The van der Waals surface area contributed by atoms with Gasteiger partial charge in [0.05, 0.1) is 13.7 Å². The molecule has 0 amide bonds. The Morgan fingerprint density at radius 3 is 2.62 bits per heavy atom. The number of aryl methyl sites for hydroxylation is 1. The Kier molecular flexibility index (Phi) is 4.33. The van der Waals surface area contributed by atoms with Crippen molar-refractivity contribution in [3.8, 4) is 17.0 Å². The van der Waals surface area contributed by atoms with Crippen LogP contribution in [0.5, 0.6) is 5.75 Å². The van der Waals surface area contributed by atoms with E-state index >= 15 is 0 Å². The molecule has 2 aromatic carbocycles. The third-order valence-electron chi connectivity index (χ3n) is 3.80. The first-order valence-electron chi connectivity index (χ1n) is 7.57. The van der Waals surface area contributed by atoms with Gasteiger partial charge in [-0.2, -0.15) is 5.10 Å². The van der Waals surface area contributed by atoms with Gasteiger partial charge < -0.3 is 9.84 Å². The Hall–Kier alpha value is -3.08. The lowest BCUT2D eigenvalue weighted by Gasteiger charge is -2.04. The van der Waals surface area contributed by atoms with Crippen molar-refractivity contribution in [2.75, 3.05) is 7.11 Å². The molecule has 122 valence electrons. The number of carbonyl (C=O) groups is 1. The Bertz CT molecular complexity index is 867. The average molecular weight is 322 g/mol. The molecule has 0 radical (unpaired) electrons. The maximum Gasteiger partial charge on any atom is 0.339 e. The zero-order chi connectivity index (χ0) is 17.1. The quantitative estimate of drug-likeness (QED) is 0.779. The fraction of sp³-hybridized carbons (Fsp3) is 0.158. The van der Waals surface area contributed by atoms with Crippen LogP contribution < -0.4 is 4.74 Å². The van der Waals surface area contributed by atoms with Crippen LogP contribution in [0.2, 0.25) is 0 Å². The largest absolute Gasteiger partial charge is 0.497 e. The number of hydrogen-bond acceptors (Lipinski definition) is 3. The van der Waals surface area contributed by atoms with E-state index in [1.54, 1.807) is 18.0 Å². The van der Waals surface area contributed by atoms with Gasteiger partial charge in [0, 0.05) is 11.8 Å². The fourth-order valence-electron chi connectivity index (χ4n) is 2.54. The van der Waals surface area contributed by atoms with E-state index in [1.165, 1.54) is 0 Å². The summed E-state index contributed by atoms with van der Waals surface area (Å²) in [7, 11) is 1.62.